The number of rotatable bonds is 8. The summed E-state index contributed by atoms with van der Waals surface area (Å²) in [5.74, 6) is -0.221. The maximum atomic E-state index is 13.3. The van der Waals surface area contributed by atoms with E-state index in [0.29, 0.717) is 30.7 Å². The van der Waals surface area contributed by atoms with Crippen LogP contribution in [0.5, 0.6) is 0 Å². The lowest BCUT2D eigenvalue weighted by atomic mass is 10.0. The summed E-state index contributed by atoms with van der Waals surface area (Å²) in [5, 5.41) is 3.11. The zero-order valence-corrected chi connectivity index (χ0v) is 25.9. The number of nitrogens with one attached hydrogen (secondary N) is 1. The van der Waals surface area contributed by atoms with Crippen LogP contribution in [0.2, 0.25) is 0 Å². The lowest BCUT2D eigenvalue weighted by molar-refractivity contribution is 0.0592. The molecule has 226 valence electrons. The smallest absolute Gasteiger partial charge is 0.437 e. The van der Waals surface area contributed by atoms with E-state index in [1.807, 2.05) is 45.0 Å². The molecule has 0 fully saturated rings. The number of fused-ring (bicyclic) bond motifs is 1. The third-order valence-electron chi connectivity index (χ3n) is 7.31. The molecule has 0 unspecified atom stereocenters. The first-order valence-electron chi connectivity index (χ1n) is 14.8. The van der Waals surface area contributed by atoms with Crippen molar-refractivity contribution in [2.24, 2.45) is 4.99 Å². The monoisotopic (exact) mass is 589 g/mol. The number of aryl methyl sites for hydroxylation is 2. The van der Waals surface area contributed by atoms with Gasteiger partial charge in [-0.2, -0.15) is 0 Å². The van der Waals surface area contributed by atoms with Gasteiger partial charge in [-0.15, -0.1) is 4.99 Å². The number of carbonyl (C=O) groups is 2. The highest BCUT2D eigenvalue weighted by molar-refractivity contribution is 5.93. The maximum Gasteiger partial charge on any atom is 0.437 e. The van der Waals surface area contributed by atoms with Crippen LogP contribution in [0.4, 0.5) is 4.79 Å². The molecule has 3 aromatic carbocycles. The minimum atomic E-state index is -0.710. The van der Waals surface area contributed by atoms with Crippen LogP contribution in [-0.4, -0.2) is 38.3 Å². The second kappa shape index (κ2) is 13.1. The summed E-state index contributed by atoms with van der Waals surface area (Å²) >= 11 is 0. The number of nitrogens with zero attached hydrogens (tertiary/aromatic N) is 4. The van der Waals surface area contributed by atoms with Crippen molar-refractivity contribution in [3.63, 3.8) is 0 Å². The summed E-state index contributed by atoms with van der Waals surface area (Å²) in [7, 11) is 0. The Hall–Kier alpha value is -4.98. The van der Waals surface area contributed by atoms with Crippen molar-refractivity contribution < 1.29 is 14.3 Å². The molecule has 2 amide bonds. The van der Waals surface area contributed by atoms with E-state index in [0.717, 1.165) is 27.7 Å². The zero-order chi connectivity index (χ0) is 31.3. The van der Waals surface area contributed by atoms with Crippen molar-refractivity contribution in [2.45, 2.75) is 59.2 Å². The molecule has 0 aliphatic heterocycles. The molecule has 2 aromatic heterocycles. The molecule has 0 spiro atoms. The predicted octanol–water partition coefficient (Wildman–Crippen LogP) is 6.55. The molecule has 8 heteroatoms. The minimum Gasteiger partial charge on any atom is -0.442 e. The summed E-state index contributed by atoms with van der Waals surface area (Å²) in [4.78, 5) is 35.2. The average Bonchev–Trinajstić information content (AvgIpc) is 3.29. The van der Waals surface area contributed by atoms with E-state index in [2.05, 4.69) is 86.8 Å². The van der Waals surface area contributed by atoms with Gasteiger partial charge in [0.25, 0.3) is 5.91 Å². The molecule has 1 N–H and O–H groups in total. The Labute approximate surface area is 258 Å². The predicted molar refractivity (Wildman–Crippen MR) is 172 cm³/mol. The number of benzene rings is 3. The molecule has 1 atom stereocenters. The van der Waals surface area contributed by atoms with E-state index >= 15 is 0 Å². The van der Waals surface area contributed by atoms with E-state index in [-0.39, 0.29) is 11.9 Å². The Kier molecular flexibility index (Phi) is 9.09. The fourth-order valence-corrected chi connectivity index (χ4v) is 5.17. The number of imidazole rings is 1. The van der Waals surface area contributed by atoms with E-state index in [9.17, 15) is 9.59 Å². The standard InChI is InChI=1S/C36H39N5O3/c1-25-12-16-27(17-13-25)21-30(23-38-33(42)29-9-8-20-37-22-29)41-32-11-7-6-10-31(32)40(24-28-18-14-26(2)15-19-28)34(41)39-35(43)44-36(3,4)5/h6-20,22,30H,21,23-24H2,1-5H3,(H,38,42)/t30-/m0/s1. The molecule has 0 radical (unpaired) electrons. The van der Waals surface area contributed by atoms with Gasteiger partial charge in [-0.05, 0) is 76.4 Å². The minimum absolute atomic E-state index is 0.221. The number of aromatic nitrogens is 3. The number of hydrogen-bond donors (Lipinski definition) is 1. The molecule has 0 saturated heterocycles. The largest absolute Gasteiger partial charge is 0.442 e. The van der Waals surface area contributed by atoms with Crippen molar-refractivity contribution in [3.8, 4) is 0 Å². The van der Waals surface area contributed by atoms with Crippen LogP contribution < -0.4 is 10.9 Å². The number of para-hydroxylation sites is 2. The van der Waals surface area contributed by atoms with Gasteiger partial charge in [0, 0.05) is 18.9 Å². The number of pyridine rings is 1. The van der Waals surface area contributed by atoms with Gasteiger partial charge in [-0.25, -0.2) is 4.79 Å². The second-order valence-electron chi connectivity index (χ2n) is 12.1. The van der Waals surface area contributed by atoms with Crippen LogP contribution in [0.3, 0.4) is 0 Å². The van der Waals surface area contributed by atoms with Crippen molar-refractivity contribution >= 4 is 23.0 Å². The number of carbonyl (C=O) groups excluding carboxylic acids is 2. The summed E-state index contributed by atoms with van der Waals surface area (Å²) in [6.45, 7) is 10.4. The van der Waals surface area contributed by atoms with E-state index in [1.165, 1.54) is 5.56 Å². The first-order chi connectivity index (χ1) is 21.1. The van der Waals surface area contributed by atoms with Crippen molar-refractivity contribution in [2.75, 3.05) is 6.54 Å². The second-order valence-corrected chi connectivity index (χ2v) is 12.1. The van der Waals surface area contributed by atoms with E-state index in [1.54, 1.807) is 24.5 Å². The summed E-state index contributed by atoms with van der Waals surface area (Å²) in [6.07, 6.45) is 3.11. The summed E-state index contributed by atoms with van der Waals surface area (Å²) < 4.78 is 9.79. The molecular formula is C36H39N5O3. The van der Waals surface area contributed by atoms with Crippen LogP contribution in [0.15, 0.2) is 102 Å². The summed E-state index contributed by atoms with van der Waals surface area (Å²) in [6, 6.07) is 27.9. The van der Waals surface area contributed by atoms with Crippen molar-refractivity contribution in [1.82, 2.24) is 19.4 Å². The van der Waals surface area contributed by atoms with Crippen molar-refractivity contribution in [3.05, 3.63) is 131 Å². The van der Waals surface area contributed by atoms with Crippen LogP contribution in [0.1, 0.15) is 59.4 Å². The van der Waals surface area contributed by atoms with E-state index < -0.39 is 11.7 Å². The Morgan fingerprint density at radius 1 is 0.864 bits per heavy atom. The molecule has 8 nitrogen and oxygen atoms in total. The zero-order valence-electron chi connectivity index (χ0n) is 25.9. The third-order valence-corrected chi connectivity index (χ3v) is 7.31. The topological polar surface area (TPSA) is 90.5 Å². The third kappa shape index (κ3) is 7.50. The van der Waals surface area contributed by atoms with Gasteiger partial charge in [-0.1, -0.05) is 71.8 Å². The van der Waals surface area contributed by atoms with Gasteiger partial charge in [0.15, 0.2) is 0 Å². The van der Waals surface area contributed by atoms with Crippen molar-refractivity contribution in [1.29, 1.82) is 0 Å². The molecule has 0 aliphatic carbocycles. The highest BCUT2D eigenvalue weighted by atomic mass is 16.6. The molecule has 44 heavy (non-hydrogen) atoms. The SMILES string of the molecule is Cc1ccc(C[C@@H](CNC(=O)c2cccnc2)n2c(=NC(=O)OC(C)(C)C)n(Cc3ccc(C)cc3)c3ccccc32)cc1. The van der Waals surface area contributed by atoms with Gasteiger partial charge >= 0.3 is 6.09 Å². The average molecular weight is 590 g/mol. The van der Waals surface area contributed by atoms with Crippen LogP contribution in [0, 0.1) is 13.8 Å². The first-order valence-corrected chi connectivity index (χ1v) is 14.8. The molecule has 0 bridgehead atoms. The van der Waals surface area contributed by atoms with Crippen LogP contribution >= 0.6 is 0 Å². The molecular weight excluding hydrogens is 550 g/mol. The Morgan fingerprint density at radius 2 is 1.50 bits per heavy atom. The lowest BCUT2D eigenvalue weighted by Gasteiger charge is -2.22. The highest BCUT2D eigenvalue weighted by Crippen LogP contribution is 2.22. The summed E-state index contributed by atoms with van der Waals surface area (Å²) in [5.41, 5.74) is 6.54. The molecule has 5 aromatic rings. The molecule has 0 saturated carbocycles. The van der Waals surface area contributed by atoms with Gasteiger partial charge in [0.1, 0.15) is 5.60 Å². The van der Waals surface area contributed by atoms with Crippen LogP contribution in [0.25, 0.3) is 11.0 Å². The highest BCUT2D eigenvalue weighted by Gasteiger charge is 2.23. The van der Waals surface area contributed by atoms with Gasteiger partial charge in [0.05, 0.1) is 29.2 Å². The van der Waals surface area contributed by atoms with Gasteiger partial charge in [0.2, 0.25) is 5.62 Å². The normalized spacial score (nSPS) is 12.7. The number of amides is 2. The Balaban J connectivity index is 1.68. The Bertz CT molecular complexity index is 1810. The quantitative estimate of drug-likeness (QED) is 0.222. The fraction of sp³-hybridized carbons (Fsp3) is 0.278. The maximum absolute atomic E-state index is 13.3. The first kappa shape index (κ1) is 30.5. The van der Waals surface area contributed by atoms with E-state index in [4.69, 9.17) is 4.74 Å². The molecule has 2 heterocycles. The number of ether oxygens (including phenoxy) is 1. The van der Waals surface area contributed by atoms with Gasteiger partial charge in [-0.3, -0.25) is 9.78 Å². The molecule has 5 rings (SSSR count). The van der Waals surface area contributed by atoms with Crippen LogP contribution in [-0.2, 0) is 17.7 Å². The fourth-order valence-electron chi connectivity index (χ4n) is 5.17. The number of hydrogen-bond acceptors (Lipinski definition) is 4. The lowest BCUT2D eigenvalue weighted by Crippen LogP contribution is -2.38. The van der Waals surface area contributed by atoms with Gasteiger partial charge < -0.3 is 19.2 Å². The molecule has 0 aliphatic rings. The Morgan fingerprint density at radius 3 is 2.11 bits per heavy atom.